The average Bonchev–Trinajstić information content (AvgIpc) is 3.36. The minimum absolute atomic E-state index is 0. The molecule has 0 aromatic heterocycles. The maximum Gasteiger partial charge on any atom is 4.00 e. The molecular formula is C18H29HfNO2Si. The van der Waals surface area contributed by atoms with E-state index in [1.807, 2.05) is 30.3 Å². The van der Waals surface area contributed by atoms with Crippen LogP contribution in [0.2, 0.25) is 13.1 Å². The third kappa shape index (κ3) is 8.91. The molecule has 1 aliphatic rings. The van der Waals surface area contributed by atoms with Gasteiger partial charge in [0.1, 0.15) is 0 Å². The number of hydrogen-bond acceptors (Lipinski definition) is 3. The quantitative estimate of drug-likeness (QED) is 0.464. The van der Waals surface area contributed by atoms with Crippen LogP contribution in [0.5, 0.6) is 0 Å². The minimum atomic E-state index is -1.26. The van der Waals surface area contributed by atoms with E-state index in [1.54, 1.807) is 5.19 Å². The molecule has 0 N–H and O–H groups in total. The van der Waals surface area contributed by atoms with E-state index >= 15 is 0 Å². The third-order valence-electron chi connectivity index (χ3n) is 3.82. The Labute approximate surface area is 161 Å². The van der Waals surface area contributed by atoms with Crippen molar-refractivity contribution in [2.45, 2.75) is 25.9 Å². The zero-order chi connectivity index (χ0) is 16.8. The summed E-state index contributed by atoms with van der Waals surface area (Å²) in [7, 11) is 0.239. The predicted octanol–water partition coefficient (Wildman–Crippen LogP) is 1.27. The fourth-order valence-corrected chi connectivity index (χ4v) is 5.37. The van der Waals surface area contributed by atoms with Crippen LogP contribution in [0.3, 0.4) is 0 Å². The van der Waals surface area contributed by atoms with Crippen molar-refractivity contribution in [2.24, 2.45) is 0 Å². The van der Waals surface area contributed by atoms with Crippen molar-refractivity contribution >= 4 is 13.4 Å². The molecular weight excluding hydrogens is 469 g/mol. The van der Waals surface area contributed by atoms with Crippen LogP contribution < -0.4 is 15.4 Å². The first-order valence-electron chi connectivity index (χ1n) is 7.67. The van der Waals surface area contributed by atoms with Crippen molar-refractivity contribution in [3.8, 4) is 0 Å². The molecule has 126 valence electrons. The molecule has 2 aromatic carbocycles. The van der Waals surface area contributed by atoms with Crippen LogP contribution in [0.1, 0.15) is 12.8 Å². The molecule has 23 heavy (non-hydrogen) atoms. The first kappa shape index (κ1) is 24.9. The van der Waals surface area contributed by atoms with Gasteiger partial charge in [0.25, 0.3) is 0 Å². The van der Waals surface area contributed by atoms with Crippen molar-refractivity contribution < 1.29 is 36.1 Å². The second-order valence-electron chi connectivity index (χ2n) is 5.39. The second-order valence-corrected chi connectivity index (χ2v) is 9.72. The predicted molar refractivity (Wildman–Crippen MR) is 93.8 cm³/mol. The van der Waals surface area contributed by atoms with E-state index in [-0.39, 0.29) is 25.8 Å². The summed E-state index contributed by atoms with van der Waals surface area (Å²) in [4.78, 5) is 0. The molecule has 0 atom stereocenters. The molecule has 0 aliphatic carbocycles. The van der Waals surface area contributed by atoms with Gasteiger partial charge in [0.05, 0.1) is 8.24 Å². The van der Waals surface area contributed by atoms with Gasteiger partial charge in [-0.25, -0.2) is 24.3 Å². The first-order valence-corrected chi connectivity index (χ1v) is 10.6. The summed E-state index contributed by atoms with van der Waals surface area (Å²) in [5, 5.41) is 18.1. The molecule has 0 unspecified atom stereocenters. The van der Waals surface area contributed by atoms with Crippen LogP contribution in [0.15, 0.2) is 54.6 Å². The summed E-state index contributed by atoms with van der Waals surface area (Å²) >= 11 is 0. The Kier molecular flexibility index (Phi) is 16.5. The van der Waals surface area contributed by atoms with E-state index in [9.17, 15) is 0 Å². The standard InChI is InChI=1S/C11H18NSi.C5H5.2CH3O.Hf/c1-13(2,11-7-3-4-8-11)12-9-5-6-10-12;1-2-4-5-3-1;2*1-2;/h3-4,7-8H,5-6,9-10H2,1-2H3;1-5H;2*1H3;/q4*-1;+4. The Balaban J connectivity index is 0. The van der Waals surface area contributed by atoms with Crippen molar-refractivity contribution in [1.82, 2.24) is 4.57 Å². The molecule has 0 saturated carbocycles. The summed E-state index contributed by atoms with van der Waals surface area (Å²) < 4.78 is 2.72. The SMILES string of the molecule is C[O-].C[O-].C[Si](C)([c-]1cccc1)N1CCCC1.[Hf+4].c1cc[cH-]c1. The number of nitrogens with zero attached hydrogens (tertiary/aromatic N) is 1. The first-order chi connectivity index (χ1) is 10.7. The summed E-state index contributed by atoms with van der Waals surface area (Å²) in [6.45, 7) is 7.58. The van der Waals surface area contributed by atoms with Crippen LogP contribution in [0.25, 0.3) is 0 Å². The topological polar surface area (TPSA) is 49.4 Å². The van der Waals surface area contributed by atoms with Crippen molar-refractivity contribution in [1.29, 1.82) is 0 Å². The molecule has 1 fully saturated rings. The Morgan fingerprint density at radius 3 is 1.65 bits per heavy atom. The van der Waals surface area contributed by atoms with Gasteiger partial charge in [-0.05, 0) is 25.9 Å². The van der Waals surface area contributed by atoms with Crippen LogP contribution in [-0.4, -0.2) is 40.1 Å². The van der Waals surface area contributed by atoms with Gasteiger partial charge in [-0.1, -0.05) is 13.1 Å². The molecule has 1 aliphatic heterocycles. The normalized spacial score (nSPS) is 13.3. The average molecular weight is 498 g/mol. The molecule has 0 bridgehead atoms. The van der Waals surface area contributed by atoms with Gasteiger partial charge in [0.15, 0.2) is 0 Å². The summed E-state index contributed by atoms with van der Waals surface area (Å²) in [5.41, 5.74) is 0. The molecule has 0 radical (unpaired) electrons. The number of rotatable bonds is 2. The molecule has 2 aromatic rings. The van der Waals surface area contributed by atoms with Gasteiger partial charge in [-0.3, -0.25) is 0 Å². The van der Waals surface area contributed by atoms with Gasteiger partial charge < -0.3 is 14.8 Å². The van der Waals surface area contributed by atoms with E-state index in [0.717, 1.165) is 14.2 Å². The van der Waals surface area contributed by atoms with Gasteiger partial charge in [0.2, 0.25) is 0 Å². The van der Waals surface area contributed by atoms with Crippen molar-refractivity contribution in [3.63, 3.8) is 0 Å². The van der Waals surface area contributed by atoms with E-state index in [2.05, 4.69) is 41.9 Å². The van der Waals surface area contributed by atoms with Gasteiger partial charge >= 0.3 is 25.8 Å². The van der Waals surface area contributed by atoms with E-state index < -0.39 is 8.24 Å². The smallest absolute Gasteiger partial charge is 0.857 e. The summed E-state index contributed by atoms with van der Waals surface area (Å²) in [5.74, 6) is 0. The molecule has 1 heterocycles. The summed E-state index contributed by atoms with van der Waals surface area (Å²) in [6.07, 6.45) is 2.80. The number of hydrogen-bond donors (Lipinski definition) is 0. The molecule has 1 saturated heterocycles. The Morgan fingerprint density at radius 1 is 0.870 bits per heavy atom. The Bertz CT molecular complexity index is 407. The van der Waals surface area contributed by atoms with Gasteiger partial charge in [0, 0.05) is 0 Å². The molecule has 3 rings (SSSR count). The summed E-state index contributed by atoms with van der Waals surface area (Å²) in [6, 6.07) is 18.9. The van der Waals surface area contributed by atoms with Crippen molar-refractivity contribution in [2.75, 3.05) is 27.3 Å². The van der Waals surface area contributed by atoms with Gasteiger partial charge in [-0.15, -0.1) is 5.19 Å². The van der Waals surface area contributed by atoms with Crippen LogP contribution >= 0.6 is 0 Å². The van der Waals surface area contributed by atoms with E-state index in [1.165, 1.54) is 25.9 Å². The minimum Gasteiger partial charge on any atom is -0.857 e. The molecule has 0 spiro atoms. The zero-order valence-corrected chi connectivity index (χ0v) is 19.4. The van der Waals surface area contributed by atoms with Crippen molar-refractivity contribution in [3.05, 3.63) is 54.6 Å². The maximum atomic E-state index is 8.25. The third-order valence-corrected chi connectivity index (χ3v) is 7.60. The second kappa shape index (κ2) is 15.2. The maximum absolute atomic E-state index is 8.25. The largest absolute Gasteiger partial charge is 4.00 e. The Hall–Kier alpha value is -0.333. The van der Waals surface area contributed by atoms with Crippen LogP contribution in [0.4, 0.5) is 0 Å². The molecule has 3 nitrogen and oxygen atoms in total. The fraction of sp³-hybridized carbons (Fsp3) is 0.444. The zero-order valence-electron chi connectivity index (χ0n) is 14.8. The molecule has 5 heteroatoms. The Morgan fingerprint density at radius 2 is 1.30 bits per heavy atom. The van der Waals surface area contributed by atoms with E-state index in [4.69, 9.17) is 10.2 Å². The van der Waals surface area contributed by atoms with Crippen LogP contribution in [-0.2, 0) is 25.8 Å². The molecule has 0 amide bonds. The van der Waals surface area contributed by atoms with Crippen LogP contribution in [0, 0.1) is 0 Å². The fourth-order valence-electron chi connectivity index (χ4n) is 2.56. The van der Waals surface area contributed by atoms with E-state index in [0.29, 0.717) is 0 Å². The monoisotopic (exact) mass is 499 g/mol. The van der Waals surface area contributed by atoms with Gasteiger partial charge in [-0.2, -0.15) is 44.6 Å².